The zero-order valence-corrected chi connectivity index (χ0v) is 10.6. The molecule has 4 rings (SSSR count). The van der Waals surface area contributed by atoms with E-state index < -0.39 is 0 Å². The Bertz CT molecular complexity index is 595. The molecule has 0 radical (unpaired) electrons. The lowest BCUT2D eigenvalue weighted by molar-refractivity contribution is -0.157. The van der Waals surface area contributed by atoms with Crippen LogP contribution in [-0.2, 0) is 19.1 Å². The Labute approximate surface area is 110 Å². The van der Waals surface area contributed by atoms with Crippen LogP contribution < -0.4 is 0 Å². The van der Waals surface area contributed by atoms with E-state index in [2.05, 4.69) is 12.7 Å². The third-order valence-electron chi connectivity index (χ3n) is 4.79. The van der Waals surface area contributed by atoms with Gasteiger partial charge < -0.3 is 9.47 Å². The number of hydrogen-bond donors (Lipinski definition) is 0. The first-order valence-corrected chi connectivity index (χ1v) is 6.58. The molecule has 0 N–H and O–H groups in total. The van der Waals surface area contributed by atoms with Gasteiger partial charge in [0.25, 0.3) is 0 Å². The van der Waals surface area contributed by atoms with Crippen LogP contribution in [0.5, 0.6) is 0 Å². The molecule has 2 fully saturated rings. The lowest BCUT2D eigenvalue weighted by atomic mass is 9.83. The van der Waals surface area contributed by atoms with E-state index in [9.17, 15) is 9.59 Å². The molecule has 4 nitrogen and oxygen atoms in total. The molecule has 4 aliphatic rings. The molecule has 0 spiro atoms. The van der Waals surface area contributed by atoms with Crippen molar-refractivity contribution in [3.63, 3.8) is 0 Å². The fourth-order valence-electron chi connectivity index (χ4n) is 3.80. The monoisotopic (exact) mass is 258 g/mol. The van der Waals surface area contributed by atoms with Gasteiger partial charge in [-0.2, -0.15) is 0 Å². The van der Waals surface area contributed by atoms with E-state index in [1.165, 1.54) is 5.57 Å². The van der Waals surface area contributed by atoms with Crippen molar-refractivity contribution in [1.29, 1.82) is 0 Å². The number of ether oxygens (including phenoxy) is 2. The van der Waals surface area contributed by atoms with Gasteiger partial charge in [-0.05, 0) is 25.3 Å². The average Bonchev–Trinajstić information content (AvgIpc) is 2.79. The standard InChI is InChI=1S/C15H14O4/c1-6-3-4-8-11(6)13-9(7(2)14(16)19-13)5-10-12(8)15(17)18-10/h3,9-11,13H,2,4-5H2,1H3/t9-,10+,11-,13-/m0/s1. The number of carbonyl (C=O) groups is 2. The molecule has 2 aliphatic carbocycles. The van der Waals surface area contributed by atoms with Gasteiger partial charge >= 0.3 is 11.9 Å². The van der Waals surface area contributed by atoms with Gasteiger partial charge in [0.1, 0.15) is 12.2 Å². The molecule has 0 bridgehead atoms. The highest BCUT2D eigenvalue weighted by atomic mass is 16.6. The summed E-state index contributed by atoms with van der Waals surface area (Å²) in [5.41, 5.74) is 3.61. The van der Waals surface area contributed by atoms with Crippen LogP contribution in [0.2, 0.25) is 0 Å². The van der Waals surface area contributed by atoms with Gasteiger partial charge in [-0.25, -0.2) is 9.59 Å². The highest BCUT2D eigenvalue weighted by molar-refractivity contribution is 5.97. The molecule has 2 aliphatic heterocycles. The van der Waals surface area contributed by atoms with Crippen molar-refractivity contribution in [3.05, 3.63) is 34.9 Å². The van der Waals surface area contributed by atoms with Crippen LogP contribution in [0.3, 0.4) is 0 Å². The molecule has 2 heterocycles. The number of esters is 2. The van der Waals surface area contributed by atoms with Crippen molar-refractivity contribution >= 4 is 11.9 Å². The van der Waals surface area contributed by atoms with Gasteiger partial charge in [-0.15, -0.1) is 0 Å². The molecule has 4 heteroatoms. The van der Waals surface area contributed by atoms with Crippen molar-refractivity contribution < 1.29 is 19.1 Å². The maximum Gasteiger partial charge on any atom is 0.338 e. The van der Waals surface area contributed by atoms with E-state index in [4.69, 9.17) is 9.47 Å². The largest absolute Gasteiger partial charge is 0.457 e. The fraction of sp³-hybridized carbons (Fsp3) is 0.467. The van der Waals surface area contributed by atoms with Crippen LogP contribution in [0.15, 0.2) is 34.9 Å². The molecule has 4 atom stereocenters. The molecule has 2 saturated heterocycles. The van der Waals surface area contributed by atoms with Crippen LogP contribution in [0.1, 0.15) is 19.8 Å². The molecule has 19 heavy (non-hydrogen) atoms. The Kier molecular flexibility index (Phi) is 1.96. The number of fused-ring (bicyclic) bond motifs is 4. The summed E-state index contributed by atoms with van der Waals surface area (Å²) in [5.74, 6) is -0.501. The molecular weight excluding hydrogens is 244 g/mol. The van der Waals surface area contributed by atoms with Crippen molar-refractivity contribution in [2.75, 3.05) is 0 Å². The summed E-state index contributed by atoms with van der Waals surface area (Å²) < 4.78 is 10.8. The number of rotatable bonds is 0. The molecule has 0 unspecified atom stereocenters. The molecule has 0 saturated carbocycles. The van der Waals surface area contributed by atoms with Gasteiger partial charge in [-0.3, -0.25) is 0 Å². The zero-order valence-electron chi connectivity index (χ0n) is 10.6. The Hall–Kier alpha value is -1.84. The van der Waals surface area contributed by atoms with Crippen molar-refractivity contribution in [2.24, 2.45) is 11.8 Å². The summed E-state index contributed by atoms with van der Waals surface area (Å²) in [5, 5.41) is 0. The lowest BCUT2D eigenvalue weighted by Gasteiger charge is -2.30. The van der Waals surface area contributed by atoms with Crippen molar-refractivity contribution in [1.82, 2.24) is 0 Å². The Balaban J connectivity index is 1.85. The first-order chi connectivity index (χ1) is 9.08. The topological polar surface area (TPSA) is 52.6 Å². The smallest absolute Gasteiger partial charge is 0.338 e. The van der Waals surface area contributed by atoms with Gasteiger partial charge in [0.15, 0.2) is 0 Å². The first kappa shape index (κ1) is 11.0. The number of hydrogen-bond acceptors (Lipinski definition) is 4. The van der Waals surface area contributed by atoms with Gasteiger partial charge in [0.2, 0.25) is 0 Å². The minimum atomic E-state index is -0.303. The fourth-order valence-corrected chi connectivity index (χ4v) is 3.80. The summed E-state index contributed by atoms with van der Waals surface area (Å²) in [6, 6.07) is 0. The maximum absolute atomic E-state index is 11.8. The van der Waals surface area contributed by atoms with Gasteiger partial charge in [-0.1, -0.05) is 18.2 Å². The predicted molar refractivity (Wildman–Crippen MR) is 65.9 cm³/mol. The van der Waals surface area contributed by atoms with E-state index in [1.54, 1.807) is 0 Å². The summed E-state index contributed by atoms with van der Waals surface area (Å²) >= 11 is 0. The Morgan fingerprint density at radius 2 is 2.05 bits per heavy atom. The third kappa shape index (κ3) is 1.24. The van der Waals surface area contributed by atoms with Crippen LogP contribution in [0.25, 0.3) is 0 Å². The molecule has 0 amide bonds. The number of carbonyl (C=O) groups excluding carboxylic acids is 2. The van der Waals surface area contributed by atoms with Gasteiger partial charge in [0, 0.05) is 17.4 Å². The number of allylic oxidation sites excluding steroid dienone is 1. The van der Waals surface area contributed by atoms with Crippen LogP contribution in [0, 0.1) is 11.8 Å². The summed E-state index contributed by atoms with van der Waals surface area (Å²) in [4.78, 5) is 23.5. The van der Waals surface area contributed by atoms with Gasteiger partial charge in [0.05, 0.1) is 5.57 Å². The molecule has 98 valence electrons. The minimum Gasteiger partial charge on any atom is -0.457 e. The molecular formula is C15H14O4. The SMILES string of the molecule is C=C1C(=O)O[C@@H]2[C@H]3C(C)=CCC3=C3C(=O)O[C@@H]3C[C@@H]12. The highest BCUT2D eigenvalue weighted by Gasteiger charge is 2.54. The Morgan fingerprint density at radius 1 is 1.26 bits per heavy atom. The van der Waals surface area contributed by atoms with Crippen LogP contribution in [0.4, 0.5) is 0 Å². The van der Waals surface area contributed by atoms with E-state index >= 15 is 0 Å². The summed E-state index contributed by atoms with van der Waals surface area (Å²) in [6.07, 6.45) is 3.13. The lowest BCUT2D eigenvalue weighted by Crippen LogP contribution is -2.38. The predicted octanol–water partition coefficient (Wildman–Crippen LogP) is 1.68. The summed E-state index contributed by atoms with van der Waals surface area (Å²) in [6.45, 7) is 5.89. The molecule has 0 aromatic rings. The quantitative estimate of drug-likeness (QED) is 0.377. The highest BCUT2D eigenvalue weighted by Crippen LogP contribution is 2.51. The van der Waals surface area contributed by atoms with Crippen molar-refractivity contribution in [3.8, 4) is 0 Å². The van der Waals surface area contributed by atoms with E-state index in [0.29, 0.717) is 12.0 Å². The Morgan fingerprint density at radius 3 is 2.79 bits per heavy atom. The second-order valence-corrected chi connectivity index (χ2v) is 5.70. The van der Waals surface area contributed by atoms with Crippen molar-refractivity contribution in [2.45, 2.75) is 32.0 Å². The zero-order chi connectivity index (χ0) is 13.3. The van der Waals surface area contributed by atoms with E-state index in [1.807, 2.05) is 6.92 Å². The van der Waals surface area contributed by atoms with E-state index in [-0.39, 0.29) is 36.0 Å². The minimum absolute atomic E-state index is 0.0375. The first-order valence-electron chi connectivity index (χ1n) is 6.58. The van der Waals surface area contributed by atoms with Crippen LogP contribution >= 0.6 is 0 Å². The maximum atomic E-state index is 11.8. The normalized spacial score (nSPS) is 39.6. The van der Waals surface area contributed by atoms with Crippen LogP contribution in [-0.4, -0.2) is 24.1 Å². The second kappa shape index (κ2) is 3.38. The third-order valence-corrected chi connectivity index (χ3v) is 4.79. The van der Waals surface area contributed by atoms with E-state index in [0.717, 1.165) is 17.6 Å². The second-order valence-electron chi connectivity index (χ2n) is 5.70. The average molecular weight is 258 g/mol. The summed E-state index contributed by atoms with van der Waals surface area (Å²) in [7, 11) is 0. The molecule has 0 aromatic carbocycles. The molecule has 0 aromatic heterocycles.